The third-order valence-electron chi connectivity index (χ3n) is 5.69. The molecule has 1 unspecified atom stereocenters. The monoisotopic (exact) mass is 435 g/mol. The summed E-state index contributed by atoms with van der Waals surface area (Å²) in [6.45, 7) is 6.05. The van der Waals surface area contributed by atoms with E-state index in [0.29, 0.717) is 5.69 Å². The lowest BCUT2D eigenvalue weighted by Crippen LogP contribution is -2.53. The molecule has 1 saturated heterocycles. The van der Waals surface area contributed by atoms with Crippen LogP contribution in [-0.2, 0) is 17.4 Å². The fraction of sp³-hybridized carbons (Fsp3) is 0.435. The lowest BCUT2D eigenvalue weighted by molar-refractivity contribution is -0.137. The third kappa shape index (κ3) is 6.45. The van der Waals surface area contributed by atoms with Crippen molar-refractivity contribution in [1.29, 1.82) is 0 Å². The van der Waals surface area contributed by atoms with Crippen LogP contribution in [0.25, 0.3) is 0 Å². The molecule has 0 radical (unpaired) electrons. The summed E-state index contributed by atoms with van der Waals surface area (Å²) in [7, 11) is 1.65. The van der Waals surface area contributed by atoms with Gasteiger partial charge in [-0.05, 0) is 55.3 Å². The van der Waals surface area contributed by atoms with Crippen LogP contribution in [0.2, 0.25) is 0 Å². The molecule has 1 atom stereocenters. The number of anilines is 1. The van der Waals surface area contributed by atoms with Crippen molar-refractivity contribution in [1.82, 2.24) is 9.80 Å². The van der Waals surface area contributed by atoms with Crippen LogP contribution < -0.4 is 10.1 Å². The van der Waals surface area contributed by atoms with Crippen molar-refractivity contribution in [3.05, 3.63) is 59.7 Å². The van der Waals surface area contributed by atoms with E-state index < -0.39 is 11.7 Å². The average molecular weight is 435 g/mol. The van der Waals surface area contributed by atoms with E-state index in [0.717, 1.165) is 57.0 Å². The fourth-order valence-electron chi connectivity index (χ4n) is 3.61. The van der Waals surface area contributed by atoms with Crippen molar-refractivity contribution in [2.75, 3.05) is 45.2 Å². The molecule has 1 fully saturated rings. The molecule has 0 saturated carbocycles. The second kappa shape index (κ2) is 10.2. The fourth-order valence-corrected chi connectivity index (χ4v) is 3.61. The number of hydrogen-bond donors (Lipinski definition) is 1. The molecule has 1 amide bonds. The van der Waals surface area contributed by atoms with Gasteiger partial charge in [-0.3, -0.25) is 9.69 Å². The molecule has 1 N–H and O–H groups in total. The van der Waals surface area contributed by atoms with E-state index in [4.69, 9.17) is 4.74 Å². The Hall–Kier alpha value is -2.58. The summed E-state index contributed by atoms with van der Waals surface area (Å²) in [6, 6.07) is 12.2. The average Bonchev–Trinajstić information content (AvgIpc) is 2.77. The molecule has 1 aliphatic heterocycles. The number of rotatable bonds is 7. The Morgan fingerprint density at radius 3 is 2.19 bits per heavy atom. The molecule has 168 valence electrons. The molecule has 0 spiro atoms. The zero-order valence-corrected chi connectivity index (χ0v) is 17.8. The highest BCUT2D eigenvalue weighted by Crippen LogP contribution is 2.29. The maximum atomic E-state index is 12.7. The van der Waals surface area contributed by atoms with Crippen LogP contribution in [0.3, 0.4) is 0 Å². The highest BCUT2D eigenvalue weighted by molar-refractivity contribution is 5.94. The number of methoxy groups -OCH3 is 1. The van der Waals surface area contributed by atoms with E-state index in [1.807, 2.05) is 19.1 Å². The van der Waals surface area contributed by atoms with Gasteiger partial charge >= 0.3 is 6.18 Å². The Kier molecular flexibility index (Phi) is 7.56. The van der Waals surface area contributed by atoms with E-state index in [-0.39, 0.29) is 11.9 Å². The van der Waals surface area contributed by atoms with Gasteiger partial charge in [-0.1, -0.05) is 12.1 Å². The summed E-state index contributed by atoms with van der Waals surface area (Å²) >= 11 is 0. The first-order valence-electron chi connectivity index (χ1n) is 10.3. The minimum absolute atomic E-state index is 0.216. The number of alkyl halides is 3. The van der Waals surface area contributed by atoms with Crippen LogP contribution in [0.5, 0.6) is 5.75 Å². The number of nitrogens with one attached hydrogen (secondary N) is 1. The number of benzene rings is 2. The van der Waals surface area contributed by atoms with Gasteiger partial charge in [0.1, 0.15) is 5.75 Å². The Balaban J connectivity index is 1.43. The van der Waals surface area contributed by atoms with Crippen molar-refractivity contribution >= 4 is 11.6 Å². The minimum Gasteiger partial charge on any atom is -0.497 e. The molecule has 31 heavy (non-hydrogen) atoms. The molecule has 2 aromatic carbocycles. The van der Waals surface area contributed by atoms with Crippen molar-refractivity contribution in [2.45, 2.75) is 25.6 Å². The van der Waals surface area contributed by atoms with Gasteiger partial charge < -0.3 is 15.0 Å². The number of piperazine rings is 1. The van der Waals surface area contributed by atoms with Crippen LogP contribution in [0.15, 0.2) is 48.5 Å². The largest absolute Gasteiger partial charge is 0.497 e. The van der Waals surface area contributed by atoms with Crippen molar-refractivity contribution in [3.63, 3.8) is 0 Å². The Morgan fingerprint density at radius 2 is 1.65 bits per heavy atom. The second-order valence-electron chi connectivity index (χ2n) is 7.72. The Morgan fingerprint density at radius 1 is 1.03 bits per heavy atom. The normalized spacial score (nSPS) is 16.7. The first kappa shape index (κ1) is 23.1. The molecular formula is C23H28F3N3O2. The highest BCUT2D eigenvalue weighted by Gasteiger charge is 2.30. The van der Waals surface area contributed by atoms with Gasteiger partial charge in [0.2, 0.25) is 5.91 Å². The van der Waals surface area contributed by atoms with E-state index in [2.05, 4.69) is 27.2 Å². The van der Waals surface area contributed by atoms with Gasteiger partial charge in [-0.15, -0.1) is 0 Å². The predicted octanol–water partition coefficient (Wildman–Crippen LogP) is 3.90. The number of carbonyl (C=O) groups is 1. The van der Waals surface area contributed by atoms with E-state index in [9.17, 15) is 18.0 Å². The molecule has 0 aliphatic carbocycles. The molecule has 5 nitrogen and oxygen atoms in total. The van der Waals surface area contributed by atoms with Crippen LogP contribution >= 0.6 is 0 Å². The third-order valence-corrected chi connectivity index (χ3v) is 5.69. The summed E-state index contributed by atoms with van der Waals surface area (Å²) in [5.74, 6) is 0.632. The lowest BCUT2D eigenvalue weighted by atomic mass is 10.1. The number of nitrogens with zero attached hydrogens (tertiary/aromatic N) is 2. The maximum absolute atomic E-state index is 12.7. The van der Waals surface area contributed by atoms with Gasteiger partial charge in [0.05, 0.1) is 18.7 Å². The van der Waals surface area contributed by atoms with Crippen molar-refractivity contribution in [2.24, 2.45) is 0 Å². The quantitative estimate of drug-likeness (QED) is 0.717. The summed E-state index contributed by atoms with van der Waals surface area (Å²) in [4.78, 5) is 17.0. The molecule has 1 heterocycles. The number of carbonyl (C=O) groups excluding carboxylic acids is 1. The van der Waals surface area contributed by atoms with Crippen LogP contribution in [0, 0.1) is 0 Å². The van der Waals surface area contributed by atoms with Crippen LogP contribution in [-0.4, -0.2) is 61.6 Å². The molecule has 0 bridgehead atoms. The van der Waals surface area contributed by atoms with Gasteiger partial charge in [0.25, 0.3) is 0 Å². The Labute approximate surface area is 180 Å². The van der Waals surface area contributed by atoms with Crippen LogP contribution in [0.4, 0.5) is 18.9 Å². The Bertz CT molecular complexity index is 846. The van der Waals surface area contributed by atoms with Gasteiger partial charge in [0.15, 0.2) is 0 Å². The predicted molar refractivity (Wildman–Crippen MR) is 114 cm³/mol. The minimum atomic E-state index is -4.39. The number of hydrogen-bond acceptors (Lipinski definition) is 4. The molecule has 1 aliphatic rings. The molecule has 0 aromatic heterocycles. The first-order valence-corrected chi connectivity index (χ1v) is 10.3. The van der Waals surface area contributed by atoms with Gasteiger partial charge in [0, 0.05) is 38.4 Å². The zero-order chi connectivity index (χ0) is 22.4. The summed E-state index contributed by atoms with van der Waals surface area (Å²) in [6.07, 6.45) is -3.43. The smallest absolute Gasteiger partial charge is 0.416 e. The number of ether oxygens (including phenoxy) is 1. The lowest BCUT2D eigenvalue weighted by Gasteiger charge is -2.37. The van der Waals surface area contributed by atoms with Gasteiger partial charge in [-0.2, -0.15) is 13.2 Å². The summed E-state index contributed by atoms with van der Waals surface area (Å²) in [5, 5.41) is 2.71. The van der Waals surface area contributed by atoms with E-state index >= 15 is 0 Å². The van der Waals surface area contributed by atoms with Gasteiger partial charge in [-0.25, -0.2) is 0 Å². The van der Waals surface area contributed by atoms with E-state index in [1.54, 1.807) is 7.11 Å². The zero-order valence-electron chi connectivity index (χ0n) is 17.8. The van der Waals surface area contributed by atoms with Crippen molar-refractivity contribution < 1.29 is 22.7 Å². The van der Waals surface area contributed by atoms with Crippen molar-refractivity contribution in [3.8, 4) is 5.75 Å². The SMILES string of the molecule is COc1ccc(CCN2CCN(C(C)C(=O)Nc3ccc(C(F)(F)F)cc3)CC2)cc1. The first-order chi connectivity index (χ1) is 14.8. The molecule has 8 heteroatoms. The molecular weight excluding hydrogens is 407 g/mol. The summed E-state index contributed by atoms with van der Waals surface area (Å²) < 4.78 is 43.2. The standard InChI is InChI=1S/C23H28F3N3O2/c1-17(22(30)27-20-7-5-19(6-8-20)23(24,25)26)29-15-13-28(14-16-29)12-11-18-3-9-21(31-2)10-4-18/h3-10,17H,11-16H2,1-2H3,(H,27,30). The number of halogens is 3. The molecule has 2 aromatic rings. The molecule has 3 rings (SSSR count). The highest BCUT2D eigenvalue weighted by atomic mass is 19.4. The van der Waals surface area contributed by atoms with E-state index in [1.165, 1.54) is 17.7 Å². The topological polar surface area (TPSA) is 44.8 Å². The summed E-state index contributed by atoms with van der Waals surface area (Å²) in [5.41, 5.74) is 0.889. The second-order valence-corrected chi connectivity index (χ2v) is 7.72. The van der Waals surface area contributed by atoms with Crippen LogP contribution in [0.1, 0.15) is 18.1 Å². The maximum Gasteiger partial charge on any atom is 0.416 e. The number of amides is 1.